The molecule has 0 aromatic heterocycles. The molecule has 5 heteroatoms. The van der Waals surface area contributed by atoms with Crippen LogP contribution in [0.25, 0.3) is 0 Å². The molecule has 0 saturated carbocycles. The van der Waals surface area contributed by atoms with E-state index in [1.807, 2.05) is 0 Å². The Hall–Kier alpha value is -0.650. The van der Waals surface area contributed by atoms with Crippen LogP contribution in [0.2, 0.25) is 0 Å². The number of primary amides is 1. The van der Waals surface area contributed by atoms with Crippen LogP contribution in [0.15, 0.2) is 0 Å². The molecule has 1 aliphatic heterocycles. The van der Waals surface area contributed by atoms with E-state index in [2.05, 4.69) is 30.8 Å². The van der Waals surface area contributed by atoms with Crippen molar-refractivity contribution in [2.24, 2.45) is 17.4 Å². The number of likely N-dealkylation sites (N-methyl/N-ethyl adjacent to an activating group) is 1. The first-order valence-corrected chi connectivity index (χ1v) is 5.71. The van der Waals surface area contributed by atoms with Gasteiger partial charge in [-0.3, -0.25) is 9.69 Å². The number of nitrogens with two attached hydrogens (primary N) is 2. The average molecular weight is 228 g/mol. The second-order valence-electron chi connectivity index (χ2n) is 5.48. The fraction of sp³-hybridized carbons (Fsp3) is 0.909. The van der Waals surface area contributed by atoms with Gasteiger partial charge < -0.3 is 16.4 Å². The van der Waals surface area contributed by atoms with E-state index >= 15 is 0 Å². The van der Waals surface area contributed by atoms with E-state index in [-0.39, 0.29) is 0 Å². The van der Waals surface area contributed by atoms with Crippen molar-refractivity contribution in [1.82, 2.24) is 9.80 Å². The maximum Gasteiger partial charge on any atom is 0.238 e. The maximum absolute atomic E-state index is 11.2. The zero-order valence-electron chi connectivity index (χ0n) is 10.7. The first-order valence-electron chi connectivity index (χ1n) is 5.71. The van der Waals surface area contributed by atoms with Gasteiger partial charge in [-0.25, -0.2) is 0 Å². The van der Waals surface area contributed by atoms with Crippen molar-refractivity contribution < 1.29 is 4.79 Å². The quantitative estimate of drug-likeness (QED) is 0.652. The summed E-state index contributed by atoms with van der Waals surface area (Å²) in [4.78, 5) is 15.6. The van der Waals surface area contributed by atoms with Crippen LogP contribution in [0.3, 0.4) is 0 Å². The standard InChI is InChI=1S/C11H24N4O/c1-8-5-15(6-9(8)14(3)4)7-11(2,13)10(12)16/h8-9H,5-7,13H2,1-4H3,(H2,12,16). The van der Waals surface area contributed by atoms with Crippen molar-refractivity contribution in [3.8, 4) is 0 Å². The second kappa shape index (κ2) is 4.69. The highest BCUT2D eigenvalue weighted by Crippen LogP contribution is 2.21. The lowest BCUT2D eigenvalue weighted by Crippen LogP contribution is -2.56. The smallest absolute Gasteiger partial charge is 0.238 e. The molecule has 1 fully saturated rings. The summed E-state index contributed by atoms with van der Waals surface area (Å²) >= 11 is 0. The zero-order chi connectivity index (χ0) is 12.5. The van der Waals surface area contributed by atoms with Crippen molar-refractivity contribution in [1.29, 1.82) is 0 Å². The lowest BCUT2D eigenvalue weighted by molar-refractivity contribution is -0.123. The Morgan fingerprint density at radius 1 is 1.50 bits per heavy atom. The van der Waals surface area contributed by atoms with Crippen LogP contribution in [0.1, 0.15) is 13.8 Å². The molecule has 1 amide bonds. The molecule has 3 atom stereocenters. The molecule has 0 spiro atoms. The highest BCUT2D eigenvalue weighted by molar-refractivity contribution is 5.84. The van der Waals surface area contributed by atoms with Gasteiger partial charge in [0.25, 0.3) is 0 Å². The van der Waals surface area contributed by atoms with Gasteiger partial charge in [0, 0.05) is 25.7 Å². The summed E-state index contributed by atoms with van der Waals surface area (Å²) in [6.45, 7) is 6.39. The molecule has 1 rings (SSSR count). The Bertz CT molecular complexity index is 265. The van der Waals surface area contributed by atoms with Gasteiger partial charge in [-0.15, -0.1) is 0 Å². The number of amides is 1. The molecule has 5 nitrogen and oxygen atoms in total. The minimum atomic E-state index is -0.930. The predicted molar refractivity (Wildman–Crippen MR) is 64.9 cm³/mol. The third-order valence-corrected chi connectivity index (χ3v) is 3.43. The summed E-state index contributed by atoms with van der Waals surface area (Å²) in [5, 5.41) is 0. The third-order valence-electron chi connectivity index (χ3n) is 3.43. The number of carbonyl (C=O) groups excluding carboxylic acids is 1. The summed E-state index contributed by atoms with van der Waals surface area (Å²) in [6.07, 6.45) is 0. The summed E-state index contributed by atoms with van der Waals surface area (Å²) < 4.78 is 0. The van der Waals surface area contributed by atoms with Crippen molar-refractivity contribution in [2.75, 3.05) is 33.7 Å². The Morgan fingerprint density at radius 3 is 2.44 bits per heavy atom. The van der Waals surface area contributed by atoms with E-state index in [0.717, 1.165) is 13.1 Å². The highest BCUT2D eigenvalue weighted by Gasteiger charge is 2.36. The van der Waals surface area contributed by atoms with E-state index < -0.39 is 11.4 Å². The molecular weight excluding hydrogens is 204 g/mol. The van der Waals surface area contributed by atoms with Crippen LogP contribution in [0.5, 0.6) is 0 Å². The minimum absolute atomic E-state index is 0.437. The first kappa shape index (κ1) is 13.4. The number of hydrogen-bond acceptors (Lipinski definition) is 4. The molecule has 1 aliphatic rings. The number of carbonyl (C=O) groups is 1. The minimum Gasteiger partial charge on any atom is -0.368 e. The van der Waals surface area contributed by atoms with Gasteiger partial charge >= 0.3 is 0 Å². The average Bonchev–Trinajstić information content (AvgIpc) is 2.45. The van der Waals surface area contributed by atoms with Crippen LogP contribution in [0, 0.1) is 5.92 Å². The van der Waals surface area contributed by atoms with Crippen LogP contribution in [-0.2, 0) is 4.79 Å². The molecule has 1 saturated heterocycles. The van der Waals surface area contributed by atoms with Gasteiger partial charge in [0.05, 0.1) is 0 Å². The first-order chi connectivity index (χ1) is 7.24. The van der Waals surface area contributed by atoms with Crippen molar-refractivity contribution in [3.63, 3.8) is 0 Å². The van der Waals surface area contributed by atoms with E-state index in [1.54, 1.807) is 6.92 Å². The van der Waals surface area contributed by atoms with Gasteiger partial charge in [-0.2, -0.15) is 0 Å². The van der Waals surface area contributed by atoms with Crippen LogP contribution in [0.4, 0.5) is 0 Å². The Morgan fingerprint density at radius 2 is 2.06 bits per heavy atom. The van der Waals surface area contributed by atoms with Crippen LogP contribution < -0.4 is 11.5 Å². The molecule has 1 heterocycles. The van der Waals surface area contributed by atoms with E-state index in [0.29, 0.717) is 18.5 Å². The van der Waals surface area contributed by atoms with Gasteiger partial charge in [0.15, 0.2) is 0 Å². The molecule has 94 valence electrons. The lowest BCUT2D eigenvalue weighted by atomic mass is 10.0. The van der Waals surface area contributed by atoms with Gasteiger partial charge in [-0.05, 0) is 26.9 Å². The van der Waals surface area contributed by atoms with E-state index in [1.165, 1.54) is 0 Å². The summed E-state index contributed by atoms with van der Waals surface area (Å²) in [5.74, 6) is 0.159. The molecule has 16 heavy (non-hydrogen) atoms. The summed E-state index contributed by atoms with van der Waals surface area (Å²) in [6, 6.07) is 0.531. The number of hydrogen-bond donors (Lipinski definition) is 2. The Kier molecular flexibility index (Phi) is 3.93. The fourth-order valence-electron chi connectivity index (χ4n) is 2.39. The number of nitrogens with zero attached hydrogens (tertiary/aromatic N) is 2. The molecule has 0 radical (unpaired) electrons. The monoisotopic (exact) mass is 228 g/mol. The molecule has 0 aromatic rings. The summed E-state index contributed by atoms with van der Waals surface area (Å²) in [7, 11) is 4.17. The molecule has 3 unspecified atom stereocenters. The number of likely N-dealkylation sites (tertiary alicyclic amines) is 1. The number of rotatable bonds is 4. The van der Waals surface area contributed by atoms with Crippen LogP contribution in [-0.4, -0.2) is 61.0 Å². The van der Waals surface area contributed by atoms with Crippen molar-refractivity contribution in [3.05, 3.63) is 0 Å². The molecular formula is C11H24N4O. The topological polar surface area (TPSA) is 75.6 Å². The zero-order valence-corrected chi connectivity index (χ0v) is 10.7. The van der Waals surface area contributed by atoms with Gasteiger partial charge in [-0.1, -0.05) is 6.92 Å². The van der Waals surface area contributed by atoms with Gasteiger partial charge in [0.1, 0.15) is 5.54 Å². The van der Waals surface area contributed by atoms with Crippen LogP contribution >= 0.6 is 0 Å². The predicted octanol–water partition coefficient (Wildman–Crippen LogP) is -0.929. The normalized spacial score (nSPS) is 30.6. The Labute approximate surface area is 97.7 Å². The highest BCUT2D eigenvalue weighted by atomic mass is 16.1. The molecule has 4 N–H and O–H groups in total. The SMILES string of the molecule is CC1CN(CC(C)(N)C(N)=O)CC1N(C)C. The lowest BCUT2D eigenvalue weighted by Gasteiger charge is -2.27. The Balaban J connectivity index is 2.57. The third kappa shape index (κ3) is 2.93. The molecule has 0 aliphatic carbocycles. The van der Waals surface area contributed by atoms with Crippen molar-refractivity contribution in [2.45, 2.75) is 25.4 Å². The summed E-state index contributed by atoms with van der Waals surface area (Å²) in [5.41, 5.74) is 10.2. The van der Waals surface area contributed by atoms with Crippen molar-refractivity contribution >= 4 is 5.91 Å². The maximum atomic E-state index is 11.2. The second-order valence-corrected chi connectivity index (χ2v) is 5.48. The molecule has 0 aromatic carbocycles. The van der Waals surface area contributed by atoms with Gasteiger partial charge in [0.2, 0.25) is 5.91 Å². The fourth-order valence-corrected chi connectivity index (χ4v) is 2.39. The largest absolute Gasteiger partial charge is 0.368 e. The molecule has 0 bridgehead atoms. The van der Waals surface area contributed by atoms with E-state index in [4.69, 9.17) is 11.5 Å². The van der Waals surface area contributed by atoms with E-state index in [9.17, 15) is 4.79 Å².